The van der Waals surface area contributed by atoms with Gasteiger partial charge in [-0.05, 0) is 155 Å². The summed E-state index contributed by atoms with van der Waals surface area (Å²) in [5, 5.41) is 0. The molecule has 1 saturated heterocycles. The summed E-state index contributed by atoms with van der Waals surface area (Å²) in [4.78, 5) is 56.6. The maximum Gasteiger partial charge on any atom is 0.339 e. The average Bonchev–Trinajstić information content (AvgIpc) is 3.68. The Hall–Kier alpha value is -4.80. The quantitative estimate of drug-likeness (QED) is 0.0877. The van der Waals surface area contributed by atoms with Crippen molar-refractivity contribution in [3.05, 3.63) is 119 Å². The molecule has 10 nitrogen and oxygen atoms in total. The van der Waals surface area contributed by atoms with E-state index in [1.807, 2.05) is 0 Å². The predicted octanol–water partition coefficient (Wildman–Crippen LogP) is 12.2. The van der Waals surface area contributed by atoms with E-state index in [-0.39, 0.29) is 22.1 Å². The molecule has 4 fully saturated rings. The average molecular weight is 931 g/mol. The molecule has 1 heterocycles. The van der Waals surface area contributed by atoms with Crippen molar-refractivity contribution in [1.82, 2.24) is 0 Å². The summed E-state index contributed by atoms with van der Waals surface area (Å²) in [6.45, 7) is 17.5. The van der Waals surface area contributed by atoms with Crippen molar-refractivity contribution in [2.75, 3.05) is 0 Å². The van der Waals surface area contributed by atoms with E-state index in [0.29, 0.717) is 30.1 Å². The molecule has 0 radical (unpaired) electrons. The molecular formula is C58H74O10. The molecule has 4 aliphatic carbocycles. The van der Waals surface area contributed by atoms with Gasteiger partial charge in [-0.2, -0.15) is 0 Å². The lowest BCUT2D eigenvalue weighted by atomic mass is 9.47. The van der Waals surface area contributed by atoms with Gasteiger partial charge < -0.3 is 28.4 Å². The van der Waals surface area contributed by atoms with Crippen LogP contribution in [0.2, 0.25) is 0 Å². The summed E-state index contributed by atoms with van der Waals surface area (Å²) in [6, 6.07) is 25.1. The van der Waals surface area contributed by atoms with Crippen molar-refractivity contribution >= 4 is 23.9 Å². The SMILES string of the molecule is CC(C)CCC[C@@H](C)[C@H]1CC[C@H]2[C@@H]3CC=C4C[C@@H](O[C@@H]5O[C@H](C(=O)OC(C)(C)C)[C@@H](OC(=O)c6ccccc6)[C@H](OC(=O)c6ccccc6)[C@H]5OC(=O)c5ccccc5)CC[C@]4(C)[C@H]3CC[C@]12C. The Bertz CT molecular complexity index is 2250. The first-order valence-electron chi connectivity index (χ1n) is 25.5. The number of allylic oxidation sites excluding steroid dienone is 1. The molecule has 5 aliphatic rings. The lowest BCUT2D eigenvalue weighted by Crippen LogP contribution is -2.65. The molecule has 0 N–H and O–H groups in total. The van der Waals surface area contributed by atoms with Crippen molar-refractivity contribution in [1.29, 1.82) is 0 Å². The number of hydrogen-bond donors (Lipinski definition) is 0. The van der Waals surface area contributed by atoms with Gasteiger partial charge in [0.05, 0.1) is 22.8 Å². The van der Waals surface area contributed by atoms with Crippen molar-refractivity contribution in [3.8, 4) is 0 Å². The molecule has 3 aromatic rings. The van der Waals surface area contributed by atoms with Gasteiger partial charge in [-0.25, -0.2) is 19.2 Å². The van der Waals surface area contributed by atoms with Gasteiger partial charge in [-0.3, -0.25) is 0 Å². The Balaban J connectivity index is 1.10. The fourth-order valence-corrected chi connectivity index (χ4v) is 13.1. The van der Waals surface area contributed by atoms with Crippen LogP contribution < -0.4 is 0 Å². The number of rotatable bonds is 14. The Morgan fingerprint density at radius 2 is 1.24 bits per heavy atom. The van der Waals surface area contributed by atoms with E-state index in [9.17, 15) is 19.2 Å². The van der Waals surface area contributed by atoms with Crippen LogP contribution >= 0.6 is 0 Å². The molecule has 13 atom stereocenters. The molecule has 3 saturated carbocycles. The molecule has 0 amide bonds. The van der Waals surface area contributed by atoms with Gasteiger partial charge in [-0.1, -0.05) is 120 Å². The molecule has 0 aromatic heterocycles. The second-order valence-electron chi connectivity index (χ2n) is 22.5. The number of benzene rings is 3. The third-order valence-electron chi connectivity index (χ3n) is 16.5. The normalized spacial score (nSPS) is 32.6. The number of hydrogen-bond acceptors (Lipinski definition) is 10. The van der Waals surface area contributed by atoms with Crippen LogP contribution in [0.25, 0.3) is 0 Å². The smallest absolute Gasteiger partial charge is 0.339 e. The van der Waals surface area contributed by atoms with E-state index in [1.165, 1.54) is 50.5 Å². The summed E-state index contributed by atoms with van der Waals surface area (Å²) in [6.07, 6.45) is 6.77. The first kappa shape index (κ1) is 49.6. The minimum atomic E-state index is -1.64. The number of ether oxygens (including phenoxy) is 6. The van der Waals surface area contributed by atoms with E-state index in [0.717, 1.165) is 36.5 Å². The second-order valence-corrected chi connectivity index (χ2v) is 22.5. The summed E-state index contributed by atoms with van der Waals surface area (Å²) >= 11 is 0. The van der Waals surface area contributed by atoms with E-state index >= 15 is 0 Å². The largest absolute Gasteiger partial charge is 0.458 e. The molecule has 366 valence electrons. The van der Waals surface area contributed by atoms with Crippen LogP contribution in [-0.2, 0) is 33.2 Å². The Labute approximate surface area is 404 Å². The van der Waals surface area contributed by atoms with Gasteiger partial charge in [0.15, 0.2) is 30.7 Å². The number of fused-ring (bicyclic) bond motifs is 5. The summed E-state index contributed by atoms with van der Waals surface area (Å²) in [5.74, 6) is 1.06. The zero-order valence-corrected chi connectivity index (χ0v) is 41.5. The summed E-state index contributed by atoms with van der Waals surface area (Å²) in [7, 11) is 0. The van der Waals surface area contributed by atoms with E-state index in [1.54, 1.807) is 112 Å². The molecule has 0 spiro atoms. The number of carbonyl (C=O) groups is 4. The van der Waals surface area contributed by atoms with Gasteiger partial charge in [-0.15, -0.1) is 0 Å². The van der Waals surface area contributed by atoms with Gasteiger partial charge in [0.2, 0.25) is 0 Å². The summed E-state index contributed by atoms with van der Waals surface area (Å²) < 4.78 is 38.2. The maximum absolute atomic E-state index is 14.4. The third-order valence-corrected chi connectivity index (χ3v) is 16.5. The highest BCUT2D eigenvalue weighted by Crippen LogP contribution is 2.67. The topological polar surface area (TPSA) is 124 Å². The fourth-order valence-electron chi connectivity index (χ4n) is 13.1. The molecule has 10 heteroatoms. The minimum Gasteiger partial charge on any atom is -0.458 e. The van der Waals surface area contributed by atoms with Crippen LogP contribution in [0.5, 0.6) is 0 Å². The first-order chi connectivity index (χ1) is 32.4. The number of carbonyl (C=O) groups excluding carboxylic acids is 4. The lowest BCUT2D eigenvalue weighted by molar-refractivity contribution is -0.306. The van der Waals surface area contributed by atoms with Crippen LogP contribution in [0.1, 0.15) is 157 Å². The second kappa shape index (κ2) is 20.7. The Morgan fingerprint density at radius 3 is 1.79 bits per heavy atom. The molecular weight excluding hydrogens is 857 g/mol. The van der Waals surface area contributed by atoms with Crippen molar-refractivity contribution in [2.45, 2.75) is 168 Å². The standard InChI is InChI=1S/C58H74O10/c1-36(2)19-18-20-37(3)44-29-30-45-43-28-27-41-35-42(31-33-57(41,7)46(43)32-34-58(44,45)8)63-55-50(66-53(61)40-25-16-11-17-26-40)48(65-52(60)39-23-14-10-15-24-39)47(49(67-55)54(62)68-56(4,5)6)64-51(59)38-21-12-9-13-22-38/h9-17,21-27,36-37,42-50,55H,18-20,28-35H2,1-8H3/t37-,42+,43+,44-,45+,46+,47+,48+,49+,50-,55-,57+,58-/m1/s1. The van der Waals surface area contributed by atoms with Crippen LogP contribution in [0.3, 0.4) is 0 Å². The zero-order valence-electron chi connectivity index (χ0n) is 41.5. The Kier molecular flexibility index (Phi) is 15.1. The zero-order chi connectivity index (χ0) is 48.4. The summed E-state index contributed by atoms with van der Waals surface area (Å²) in [5.41, 5.74) is 1.43. The van der Waals surface area contributed by atoms with E-state index < -0.39 is 66.3 Å². The predicted molar refractivity (Wildman–Crippen MR) is 259 cm³/mol. The molecule has 68 heavy (non-hydrogen) atoms. The van der Waals surface area contributed by atoms with Gasteiger partial charge in [0, 0.05) is 0 Å². The highest BCUT2D eigenvalue weighted by atomic mass is 16.7. The van der Waals surface area contributed by atoms with Crippen LogP contribution in [0.4, 0.5) is 0 Å². The first-order valence-corrected chi connectivity index (χ1v) is 25.5. The minimum absolute atomic E-state index is 0.0151. The van der Waals surface area contributed by atoms with E-state index in [4.69, 9.17) is 28.4 Å². The lowest BCUT2D eigenvalue weighted by Gasteiger charge is -2.58. The highest BCUT2D eigenvalue weighted by molar-refractivity contribution is 5.91. The van der Waals surface area contributed by atoms with E-state index in [2.05, 4.69) is 40.7 Å². The van der Waals surface area contributed by atoms with Crippen molar-refractivity contribution in [2.24, 2.45) is 46.3 Å². The van der Waals surface area contributed by atoms with Crippen molar-refractivity contribution < 1.29 is 47.6 Å². The molecule has 0 unspecified atom stereocenters. The fraction of sp³-hybridized carbons (Fsp3) is 0.586. The van der Waals surface area contributed by atoms with Crippen molar-refractivity contribution in [3.63, 3.8) is 0 Å². The molecule has 8 rings (SSSR count). The molecule has 0 bridgehead atoms. The van der Waals surface area contributed by atoms with Gasteiger partial charge in [0.1, 0.15) is 5.60 Å². The maximum atomic E-state index is 14.4. The van der Waals surface area contributed by atoms with Crippen LogP contribution in [-0.4, -0.2) is 66.3 Å². The van der Waals surface area contributed by atoms with Crippen LogP contribution in [0, 0.1) is 46.3 Å². The Morgan fingerprint density at radius 1 is 0.676 bits per heavy atom. The van der Waals surface area contributed by atoms with Gasteiger partial charge >= 0.3 is 23.9 Å². The monoisotopic (exact) mass is 931 g/mol. The van der Waals surface area contributed by atoms with Crippen LogP contribution in [0.15, 0.2) is 103 Å². The highest BCUT2D eigenvalue weighted by Gasteiger charge is 2.61. The molecule has 1 aliphatic heterocycles. The third kappa shape index (κ3) is 10.7. The number of esters is 4. The molecule has 3 aromatic carbocycles. The van der Waals surface area contributed by atoms with Gasteiger partial charge in [0.25, 0.3) is 0 Å².